The fraction of sp³-hybridized carbons (Fsp3) is 0.238. The molecule has 3 aliphatic rings. The molecule has 1 aromatic carbocycles. The number of rotatable bonds is 2. The molecule has 4 heterocycles. The highest BCUT2D eigenvalue weighted by Gasteiger charge is 2.41. The van der Waals surface area contributed by atoms with E-state index in [9.17, 15) is 9.59 Å². The predicted molar refractivity (Wildman–Crippen MR) is 122 cm³/mol. The quantitative estimate of drug-likeness (QED) is 0.623. The van der Waals surface area contributed by atoms with E-state index in [1.807, 2.05) is 38.1 Å². The van der Waals surface area contributed by atoms with Crippen molar-refractivity contribution < 1.29 is 4.74 Å². The van der Waals surface area contributed by atoms with Gasteiger partial charge in [-0.15, -0.1) is 0 Å². The van der Waals surface area contributed by atoms with Crippen LogP contribution in [0.25, 0.3) is 0 Å². The number of hydrogen-bond acceptors (Lipinski definition) is 6. The molecule has 0 saturated heterocycles. The van der Waals surface area contributed by atoms with Gasteiger partial charge in [-0.05, 0) is 43.8 Å². The normalized spacial score (nSPS) is 21.8. The summed E-state index contributed by atoms with van der Waals surface area (Å²) < 4.78 is 5.28. The smallest absolute Gasteiger partial charge is 0.327 e. The first-order chi connectivity index (χ1) is 14.9. The van der Waals surface area contributed by atoms with E-state index in [1.165, 1.54) is 0 Å². The molecule has 0 saturated carbocycles. The van der Waals surface area contributed by atoms with E-state index >= 15 is 0 Å². The Balaban J connectivity index is 1.85. The minimum atomic E-state index is -0.619. The monoisotopic (exact) mass is 434 g/mol. The number of fused-ring (bicyclic) bond motifs is 3. The summed E-state index contributed by atoms with van der Waals surface area (Å²) in [5.41, 5.74) is 3.23. The minimum Gasteiger partial charge on any atom is -0.497 e. The topological polar surface area (TPSA) is 124 Å². The Morgan fingerprint density at radius 2 is 1.68 bits per heavy atom. The lowest BCUT2D eigenvalue weighted by molar-refractivity contribution is 0.414. The standard InChI is InChI=1S/C21H18N6O3S/c1-8-12-9(2)23-21(31)24-16(12)14-13(10-4-6-11(30-3)7-5-10)15-18(25-17(14)22-8)26-20(29)27-19(15)28/h4-7,12-13H,1-3H3,(H,24,31)(H2,26,27,28,29). The molecule has 0 spiro atoms. The van der Waals surface area contributed by atoms with Gasteiger partial charge in [0.1, 0.15) is 11.6 Å². The number of thiocarbonyl (C=S) groups is 1. The summed E-state index contributed by atoms with van der Waals surface area (Å²) in [4.78, 5) is 43.5. The molecule has 156 valence electrons. The van der Waals surface area contributed by atoms with Crippen molar-refractivity contribution in [1.29, 1.82) is 0 Å². The van der Waals surface area contributed by atoms with Gasteiger partial charge in [0.05, 0.1) is 18.6 Å². The zero-order valence-corrected chi connectivity index (χ0v) is 17.8. The molecule has 2 atom stereocenters. The van der Waals surface area contributed by atoms with Crippen LogP contribution in [0.2, 0.25) is 0 Å². The summed E-state index contributed by atoms with van der Waals surface area (Å²) in [5, 5.41) is 3.56. The van der Waals surface area contributed by atoms with Crippen molar-refractivity contribution in [1.82, 2.24) is 15.3 Å². The van der Waals surface area contributed by atoms with E-state index in [4.69, 9.17) is 21.9 Å². The largest absolute Gasteiger partial charge is 0.497 e. The van der Waals surface area contributed by atoms with Crippen LogP contribution >= 0.6 is 12.2 Å². The van der Waals surface area contributed by atoms with Crippen LogP contribution in [0.5, 0.6) is 5.75 Å². The van der Waals surface area contributed by atoms with Crippen molar-refractivity contribution in [3.05, 3.63) is 67.5 Å². The van der Waals surface area contributed by atoms with Crippen LogP contribution < -0.4 is 21.3 Å². The Kier molecular flexibility index (Phi) is 4.33. The maximum atomic E-state index is 12.9. The van der Waals surface area contributed by atoms with E-state index in [0.717, 1.165) is 28.3 Å². The molecule has 3 N–H and O–H groups in total. The van der Waals surface area contributed by atoms with Gasteiger partial charge in [-0.1, -0.05) is 12.1 Å². The van der Waals surface area contributed by atoms with Gasteiger partial charge in [-0.2, -0.15) is 0 Å². The SMILES string of the molecule is COc1ccc(C2C3=C4NC(=S)N=C(C)C4C(C)=NC3=Nc3[nH]c(=O)[nH]c(=O)c32)cc1. The second-order valence-corrected chi connectivity index (χ2v) is 7.90. The molecule has 0 aliphatic carbocycles. The lowest BCUT2D eigenvalue weighted by Gasteiger charge is -2.36. The second-order valence-electron chi connectivity index (χ2n) is 7.51. The van der Waals surface area contributed by atoms with Crippen molar-refractivity contribution in [2.75, 3.05) is 7.11 Å². The van der Waals surface area contributed by atoms with Gasteiger partial charge < -0.3 is 10.1 Å². The summed E-state index contributed by atoms with van der Waals surface area (Å²) in [6, 6.07) is 7.42. The third-order valence-electron chi connectivity index (χ3n) is 5.66. The van der Waals surface area contributed by atoms with Crippen molar-refractivity contribution in [3.63, 3.8) is 0 Å². The molecule has 3 aliphatic heterocycles. The first kappa shape index (κ1) is 19.3. The number of H-pyrrole nitrogens is 2. The average Bonchev–Trinajstić information content (AvgIpc) is 2.71. The predicted octanol–water partition coefficient (Wildman–Crippen LogP) is 1.94. The van der Waals surface area contributed by atoms with Crippen molar-refractivity contribution in [3.8, 4) is 5.75 Å². The van der Waals surface area contributed by atoms with E-state index in [1.54, 1.807) is 7.11 Å². The van der Waals surface area contributed by atoms with Crippen LogP contribution in [0.3, 0.4) is 0 Å². The Bertz CT molecular complexity index is 1380. The number of ether oxygens (including phenoxy) is 1. The average molecular weight is 434 g/mol. The third kappa shape index (κ3) is 2.98. The van der Waals surface area contributed by atoms with Crippen LogP contribution in [0.15, 0.2) is 60.1 Å². The van der Waals surface area contributed by atoms with E-state index in [2.05, 4.69) is 25.3 Å². The van der Waals surface area contributed by atoms with Gasteiger partial charge >= 0.3 is 5.69 Å². The minimum absolute atomic E-state index is 0.190. The Morgan fingerprint density at radius 3 is 2.39 bits per heavy atom. The van der Waals surface area contributed by atoms with Crippen LogP contribution in [0, 0.1) is 5.92 Å². The molecular weight excluding hydrogens is 416 g/mol. The van der Waals surface area contributed by atoms with Gasteiger partial charge in [-0.3, -0.25) is 14.8 Å². The van der Waals surface area contributed by atoms with Crippen LogP contribution in [0.1, 0.15) is 30.9 Å². The van der Waals surface area contributed by atoms with Gasteiger partial charge in [0.25, 0.3) is 5.56 Å². The highest BCUT2D eigenvalue weighted by Crippen LogP contribution is 2.44. The molecule has 10 heteroatoms. The van der Waals surface area contributed by atoms with Gasteiger partial charge in [0, 0.05) is 28.6 Å². The number of aromatic nitrogens is 2. The zero-order valence-electron chi connectivity index (χ0n) is 16.9. The molecule has 0 fully saturated rings. The molecule has 2 aromatic rings. The van der Waals surface area contributed by atoms with Crippen LogP contribution in [-0.4, -0.2) is 39.4 Å². The highest BCUT2D eigenvalue weighted by molar-refractivity contribution is 7.80. The molecule has 9 nitrogen and oxygen atoms in total. The summed E-state index contributed by atoms with van der Waals surface area (Å²) in [6.07, 6.45) is 0. The lowest BCUT2D eigenvalue weighted by Crippen LogP contribution is -2.44. The maximum absolute atomic E-state index is 12.9. The lowest BCUT2D eigenvalue weighted by atomic mass is 9.77. The van der Waals surface area contributed by atoms with Gasteiger partial charge in [0.15, 0.2) is 10.9 Å². The number of benzene rings is 1. The van der Waals surface area contributed by atoms with Crippen LogP contribution in [-0.2, 0) is 0 Å². The number of allylic oxidation sites excluding steroid dienone is 1. The first-order valence-corrected chi connectivity index (χ1v) is 10.0. The molecular formula is C21H18N6O3S. The van der Waals surface area contributed by atoms with E-state index < -0.39 is 17.2 Å². The number of dihydropyridines is 1. The van der Waals surface area contributed by atoms with E-state index in [-0.39, 0.29) is 11.7 Å². The molecule has 31 heavy (non-hydrogen) atoms. The van der Waals surface area contributed by atoms with E-state index in [0.29, 0.717) is 22.3 Å². The summed E-state index contributed by atoms with van der Waals surface area (Å²) in [5.74, 6) is 0.613. The van der Waals surface area contributed by atoms with Crippen LogP contribution in [0.4, 0.5) is 5.82 Å². The number of methoxy groups -OCH3 is 1. The molecule has 0 amide bonds. The zero-order chi connectivity index (χ0) is 21.9. The Labute approximate surface area is 181 Å². The fourth-order valence-corrected chi connectivity index (χ4v) is 4.64. The number of nitrogens with one attached hydrogen (secondary N) is 3. The Morgan fingerprint density at radius 1 is 0.968 bits per heavy atom. The molecule has 0 bridgehead atoms. The molecule has 1 aromatic heterocycles. The number of aliphatic imine (C=N–C) groups is 3. The second kappa shape index (κ2) is 6.95. The molecule has 2 unspecified atom stereocenters. The maximum Gasteiger partial charge on any atom is 0.327 e. The van der Waals surface area contributed by atoms with Gasteiger partial charge in [-0.25, -0.2) is 19.8 Å². The van der Waals surface area contributed by atoms with Gasteiger partial charge in [0.2, 0.25) is 0 Å². The first-order valence-electron chi connectivity index (χ1n) is 9.62. The van der Waals surface area contributed by atoms with Crippen molar-refractivity contribution in [2.24, 2.45) is 20.9 Å². The van der Waals surface area contributed by atoms with Crippen molar-refractivity contribution >= 4 is 40.4 Å². The number of aromatic amines is 2. The van der Waals surface area contributed by atoms with Crippen molar-refractivity contribution in [2.45, 2.75) is 19.8 Å². The summed E-state index contributed by atoms with van der Waals surface area (Å²) in [7, 11) is 1.59. The molecule has 5 rings (SSSR count). The summed E-state index contributed by atoms with van der Waals surface area (Å²) in [6.45, 7) is 3.81. The number of nitrogens with zero attached hydrogens (tertiary/aromatic N) is 3. The highest BCUT2D eigenvalue weighted by atomic mass is 32.1. The number of hydrogen-bond donors (Lipinski definition) is 3. The molecule has 0 radical (unpaired) electrons. The third-order valence-corrected chi connectivity index (χ3v) is 5.85. The fourth-order valence-electron chi connectivity index (χ4n) is 4.39. The summed E-state index contributed by atoms with van der Waals surface area (Å²) >= 11 is 5.35. The Hall–Kier alpha value is -3.66. The number of amidine groups is 1.